The first kappa shape index (κ1) is 18.1. The van der Waals surface area contributed by atoms with Crippen molar-refractivity contribution >= 4 is 17.9 Å². The molecular weight excluding hydrogens is 342 g/mol. The Balaban J connectivity index is 1.52. The van der Waals surface area contributed by atoms with Gasteiger partial charge < -0.3 is 10.6 Å². The molecule has 0 atom stereocenters. The topological polar surface area (TPSA) is 88.9 Å². The molecule has 0 fully saturated rings. The molecule has 3 aromatic rings. The predicted octanol–water partition coefficient (Wildman–Crippen LogP) is 1.96. The Morgan fingerprint density at radius 3 is 2.44 bits per heavy atom. The lowest BCUT2D eigenvalue weighted by Gasteiger charge is -2.05. The van der Waals surface area contributed by atoms with Crippen LogP contribution in [0, 0.1) is 0 Å². The van der Waals surface area contributed by atoms with Gasteiger partial charge in [-0.15, -0.1) is 0 Å². The molecule has 0 aliphatic heterocycles. The fourth-order valence-electron chi connectivity index (χ4n) is 2.42. The second-order valence-corrected chi connectivity index (χ2v) is 5.76. The Kier molecular flexibility index (Phi) is 5.73. The van der Waals surface area contributed by atoms with E-state index < -0.39 is 0 Å². The minimum atomic E-state index is -0.189. The summed E-state index contributed by atoms with van der Waals surface area (Å²) in [5, 5.41) is 9.47. The van der Waals surface area contributed by atoms with Gasteiger partial charge in [0.25, 0.3) is 5.91 Å². The zero-order valence-electron chi connectivity index (χ0n) is 14.8. The van der Waals surface area contributed by atoms with Gasteiger partial charge in [-0.1, -0.05) is 24.3 Å². The fourth-order valence-corrected chi connectivity index (χ4v) is 2.42. The van der Waals surface area contributed by atoms with Crippen LogP contribution in [0.4, 0.5) is 0 Å². The molecule has 0 unspecified atom stereocenters. The minimum Gasteiger partial charge on any atom is -0.355 e. The molecule has 1 heterocycles. The number of nitrogens with zero attached hydrogens (tertiary/aromatic N) is 3. The van der Waals surface area contributed by atoms with Gasteiger partial charge in [0, 0.05) is 25.2 Å². The molecule has 3 rings (SSSR count). The molecule has 136 valence electrons. The van der Waals surface area contributed by atoms with Crippen LogP contribution in [0.25, 0.3) is 11.8 Å². The van der Waals surface area contributed by atoms with Crippen molar-refractivity contribution in [3.63, 3.8) is 0 Å². The third kappa shape index (κ3) is 4.88. The number of carbonyl (C=O) groups excluding carboxylic acids is 2. The highest BCUT2D eigenvalue weighted by atomic mass is 16.2. The number of benzene rings is 2. The zero-order valence-corrected chi connectivity index (χ0v) is 14.8. The van der Waals surface area contributed by atoms with Crippen molar-refractivity contribution in [2.45, 2.75) is 6.54 Å². The number of aromatic nitrogens is 3. The lowest BCUT2D eigenvalue weighted by atomic mass is 10.1. The molecule has 7 heteroatoms. The van der Waals surface area contributed by atoms with Gasteiger partial charge in [0.05, 0.1) is 5.69 Å². The van der Waals surface area contributed by atoms with Crippen molar-refractivity contribution < 1.29 is 9.59 Å². The van der Waals surface area contributed by atoms with Gasteiger partial charge in [-0.3, -0.25) is 9.59 Å². The van der Waals surface area contributed by atoms with Crippen LogP contribution in [0.1, 0.15) is 21.5 Å². The van der Waals surface area contributed by atoms with Gasteiger partial charge in [-0.05, 0) is 41.5 Å². The van der Waals surface area contributed by atoms with E-state index >= 15 is 0 Å². The summed E-state index contributed by atoms with van der Waals surface area (Å²) in [6, 6.07) is 14.7. The van der Waals surface area contributed by atoms with Crippen LogP contribution in [0.3, 0.4) is 0 Å². The van der Waals surface area contributed by atoms with E-state index in [4.69, 9.17) is 0 Å². The summed E-state index contributed by atoms with van der Waals surface area (Å²) in [5.74, 6) is -0.330. The second kappa shape index (κ2) is 8.57. The molecule has 2 N–H and O–H groups in total. The molecule has 2 aromatic carbocycles. The number of carbonyl (C=O) groups is 2. The van der Waals surface area contributed by atoms with Gasteiger partial charge in [0.1, 0.15) is 12.7 Å². The molecule has 0 spiro atoms. The molecule has 0 aliphatic carbocycles. The standard InChI is InChI=1S/C20H19N5O2/c1-21-20(27)17-7-2-15(3-8-17)6-11-19(26)23-12-16-4-9-18(10-5-16)25-14-22-13-24-25/h2-11,13-14H,12H2,1H3,(H,21,27)(H,23,26)/b11-6+. The molecule has 0 saturated carbocycles. The molecule has 0 bridgehead atoms. The summed E-state index contributed by atoms with van der Waals surface area (Å²) in [7, 11) is 1.59. The van der Waals surface area contributed by atoms with Gasteiger partial charge in [0.15, 0.2) is 0 Å². The van der Waals surface area contributed by atoms with E-state index in [1.165, 1.54) is 12.4 Å². The summed E-state index contributed by atoms with van der Waals surface area (Å²) in [6.45, 7) is 0.427. The number of hydrogen-bond donors (Lipinski definition) is 2. The summed E-state index contributed by atoms with van der Waals surface area (Å²) >= 11 is 0. The third-order valence-electron chi connectivity index (χ3n) is 3.91. The van der Waals surface area contributed by atoms with Gasteiger partial charge >= 0.3 is 0 Å². The lowest BCUT2D eigenvalue weighted by Crippen LogP contribution is -2.20. The zero-order chi connectivity index (χ0) is 19.1. The molecule has 2 amide bonds. The maximum atomic E-state index is 12.0. The van der Waals surface area contributed by atoms with E-state index in [0.29, 0.717) is 12.1 Å². The largest absolute Gasteiger partial charge is 0.355 e. The monoisotopic (exact) mass is 361 g/mol. The third-order valence-corrected chi connectivity index (χ3v) is 3.91. The quantitative estimate of drug-likeness (QED) is 0.657. The van der Waals surface area contributed by atoms with Crippen LogP contribution in [0.2, 0.25) is 0 Å². The van der Waals surface area contributed by atoms with E-state index in [9.17, 15) is 9.59 Å². The average molecular weight is 361 g/mol. The highest BCUT2D eigenvalue weighted by Crippen LogP contribution is 2.08. The molecule has 27 heavy (non-hydrogen) atoms. The Labute approximate surface area is 156 Å². The maximum absolute atomic E-state index is 12.0. The molecule has 7 nitrogen and oxygen atoms in total. The molecule has 0 saturated heterocycles. The average Bonchev–Trinajstić information content (AvgIpc) is 3.26. The minimum absolute atomic E-state index is 0.141. The lowest BCUT2D eigenvalue weighted by molar-refractivity contribution is -0.116. The molecule has 0 aliphatic rings. The number of nitrogens with one attached hydrogen (secondary N) is 2. The van der Waals surface area contributed by atoms with E-state index in [1.807, 2.05) is 24.3 Å². The van der Waals surface area contributed by atoms with Crippen LogP contribution in [-0.4, -0.2) is 33.6 Å². The Morgan fingerprint density at radius 2 is 1.81 bits per heavy atom. The normalized spacial score (nSPS) is 10.7. The number of rotatable bonds is 6. The van der Waals surface area contributed by atoms with Crippen molar-refractivity contribution in [3.05, 3.63) is 84.0 Å². The van der Waals surface area contributed by atoms with E-state index in [1.54, 1.807) is 48.4 Å². The first-order valence-corrected chi connectivity index (χ1v) is 8.38. The van der Waals surface area contributed by atoms with E-state index in [0.717, 1.165) is 16.8 Å². The smallest absolute Gasteiger partial charge is 0.251 e. The predicted molar refractivity (Wildman–Crippen MR) is 102 cm³/mol. The maximum Gasteiger partial charge on any atom is 0.251 e. The van der Waals surface area contributed by atoms with Crippen LogP contribution >= 0.6 is 0 Å². The summed E-state index contributed by atoms with van der Waals surface area (Å²) < 4.78 is 1.67. The van der Waals surface area contributed by atoms with E-state index in [2.05, 4.69) is 20.7 Å². The van der Waals surface area contributed by atoms with Crippen LogP contribution in [0.15, 0.2) is 67.3 Å². The SMILES string of the molecule is CNC(=O)c1ccc(/C=C/C(=O)NCc2ccc(-n3cncn3)cc2)cc1. The first-order valence-electron chi connectivity index (χ1n) is 8.38. The fraction of sp³-hybridized carbons (Fsp3) is 0.100. The van der Waals surface area contributed by atoms with Crippen molar-refractivity contribution in [1.29, 1.82) is 0 Å². The summed E-state index contributed by atoms with van der Waals surface area (Å²) in [5.41, 5.74) is 3.31. The molecular formula is C20H19N5O2. The van der Waals surface area contributed by atoms with Crippen molar-refractivity contribution in [1.82, 2.24) is 25.4 Å². The van der Waals surface area contributed by atoms with Gasteiger partial charge in [-0.25, -0.2) is 9.67 Å². The van der Waals surface area contributed by atoms with Crippen LogP contribution in [-0.2, 0) is 11.3 Å². The number of hydrogen-bond acceptors (Lipinski definition) is 4. The highest BCUT2D eigenvalue weighted by Gasteiger charge is 2.02. The van der Waals surface area contributed by atoms with Crippen molar-refractivity contribution in [2.24, 2.45) is 0 Å². The molecule has 1 aromatic heterocycles. The second-order valence-electron chi connectivity index (χ2n) is 5.76. The first-order chi connectivity index (χ1) is 13.2. The van der Waals surface area contributed by atoms with Gasteiger partial charge in [-0.2, -0.15) is 5.10 Å². The van der Waals surface area contributed by atoms with Crippen molar-refractivity contribution in [2.75, 3.05) is 7.05 Å². The Hall–Kier alpha value is -3.74. The Bertz CT molecular complexity index is 930. The van der Waals surface area contributed by atoms with Crippen molar-refractivity contribution in [3.8, 4) is 5.69 Å². The summed E-state index contributed by atoms with van der Waals surface area (Å²) in [6.07, 6.45) is 6.28. The van der Waals surface area contributed by atoms with Crippen LogP contribution in [0.5, 0.6) is 0 Å². The number of amides is 2. The Morgan fingerprint density at radius 1 is 1.07 bits per heavy atom. The van der Waals surface area contributed by atoms with E-state index in [-0.39, 0.29) is 11.8 Å². The van der Waals surface area contributed by atoms with Crippen LogP contribution < -0.4 is 10.6 Å². The molecule has 0 radical (unpaired) electrons. The summed E-state index contributed by atoms with van der Waals surface area (Å²) in [4.78, 5) is 27.4. The highest BCUT2D eigenvalue weighted by molar-refractivity contribution is 5.94. The van der Waals surface area contributed by atoms with Gasteiger partial charge in [0.2, 0.25) is 5.91 Å².